The summed E-state index contributed by atoms with van der Waals surface area (Å²) in [6.07, 6.45) is 2.67. The second kappa shape index (κ2) is 5.99. The average Bonchev–Trinajstić information content (AvgIpc) is 3.44. The normalized spacial score (nSPS) is 22.0. The molecule has 4 rings (SSSR count). The maximum absolute atomic E-state index is 5.62. The molecule has 0 N–H and O–H groups in total. The van der Waals surface area contributed by atoms with Crippen LogP contribution >= 0.6 is 0 Å². The Morgan fingerprint density at radius 1 is 1.00 bits per heavy atom. The molecular formula is C20H22O3. The van der Waals surface area contributed by atoms with Crippen molar-refractivity contribution in [3.63, 3.8) is 0 Å². The Morgan fingerprint density at radius 3 is 2.09 bits per heavy atom. The van der Waals surface area contributed by atoms with E-state index in [0.717, 1.165) is 31.8 Å². The van der Waals surface area contributed by atoms with Crippen molar-refractivity contribution in [1.29, 1.82) is 0 Å². The van der Waals surface area contributed by atoms with Crippen LogP contribution < -0.4 is 4.74 Å². The van der Waals surface area contributed by atoms with E-state index in [1.165, 1.54) is 27.8 Å². The summed E-state index contributed by atoms with van der Waals surface area (Å²) < 4.78 is 16.6. The molecule has 2 aromatic rings. The Labute approximate surface area is 137 Å². The zero-order chi connectivity index (χ0) is 15.8. The summed E-state index contributed by atoms with van der Waals surface area (Å²) in [5.41, 5.74) is 6.48. The quantitative estimate of drug-likeness (QED) is 0.765. The van der Waals surface area contributed by atoms with Crippen molar-refractivity contribution < 1.29 is 14.2 Å². The van der Waals surface area contributed by atoms with Gasteiger partial charge in [0.25, 0.3) is 0 Å². The van der Waals surface area contributed by atoms with Crippen LogP contribution in [0.2, 0.25) is 0 Å². The van der Waals surface area contributed by atoms with E-state index in [0.29, 0.717) is 12.2 Å². The van der Waals surface area contributed by atoms with Crippen molar-refractivity contribution in [2.45, 2.75) is 32.0 Å². The van der Waals surface area contributed by atoms with Gasteiger partial charge in [-0.2, -0.15) is 0 Å². The van der Waals surface area contributed by atoms with Crippen LogP contribution in [0.15, 0.2) is 36.4 Å². The SMILES string of the molecule is COc1ccccc1-c1c(CC2CO2)cc(C)cc1CC1CO1. The molecule has 2 fully saturated rings. The van der Waals surface area contributed by atoms with Crippen LogP contribution in [0.1, 0.15) is 16.7 Å². The van der Waals surface area contributed by atoms with Crippen molar-refractivity contribution in [2.24, 2.45) is 0 Å². The molecule has 0 amide bonds. The van der Waals surface area contributed by atoms with Crippen molar-refractivity contribution in [3.8, 4) is 16.9 Å². The zero-order valence-electron chi connectivity index (χ0n) is 13.7. The second-order valence-electron chi connectivity index (χ2n) is 6.48. The van der Waals surface area contributed by atoms with E-state index in [-0.39, 0.29) is 0 Å². The van der Waals surface area contributed by atoms with Gasteiger partial charge < -0.3 is 14.2 Å². The summed E-state index contributed by atoms with van der Waals surface area (Å²) in [6, 6.07) is 12.9. The molecule has 0 radical (unpaired) electrons. The molecular weight excluding hydrogens is 288 g/mol. The molecule has 120 valence electrons. The summed E-state index contributed by atoms with van der Waals surface area (Å²) in [5, 5.41) is 0. The Bertz CT molecular complexity index is 680. The molecule has 2 aliphatic rings. The summed E-state index contributed by atoms with van der Waals surface area (Å²) in [5.74, 6) is 0.923. The fraction of sp³-hybridized carbons (Fsp3) is 0.400. The predicted molar refractivity (Wildman–Crippen MR) is 90.1 cm³/mol. The maximum Gasteiger partial charge on any atom is 0.126 e. The minimum Gasteiger partial charge on any atom is -0.496 e. The molecule has 3 heteroatoms. The van der Waals surface area contributed by atoms with Crippen LogP contribution in [-0.4, -0.2) is 32.5 Å². The van der Waals surface area contributed by atoms with Crippen LogP contribution in [0, 0.1) is 6.92 Å². The van der Waals surface area contributed by atoms with Crippen LogP contribution in [0.25, 0.3) is 11.1 Å². The van der Waals surface area contributed by atoms with E-state index in [2.05, 4.69) is 31.2 Å². The lowest BCUT2D eigenvalue weighted by atomic mass is 9.88. The summed E-state index contributed by atoms with van der Waals surface area (Å²) in [4.78, 5) is 0. The van der Waals surface area contributed by atoms with Gasteiger partial charge in [0.1, 0.15) is 5.75 Å². The van der Waals surface area contributed by atoms with Gasteiger partial charge in [-0.3, -0.25) is 0 Å². The first-order chi connectivity index (χ1) is 11.2. The third kappa shape index (κ3) is 3.26. The van der Waals surface area contributed by atoms with Gasteiger partial charge in [-0.15, -0.1) is 0 Å². The highest BCUT2D eigenvalue weighted by molar-refractivity contribution is 5.77. The Balaban J connectivity index is 1.85. The number of aryl methyl sites for hydroxylation is 1. The van der Waals surface area contributed by atoms with Gasteiger partial charge in [0, 0.05) is 18.4 Å². The maximum atomic E-state index is 5.62. The van der Waals surface area contributed by atoms with Gasteiger partial charge in [-0.25, -0.2) is 0 Å². The van der Waals surface area contributed by atoms with Crippen molar-refractivity contribution in [1.82, 2.24) is 0 Å². The third-order valence-electron chi connectivity index (χ3n) is 4.52. The number of rotatable bonds is 6. The Morgan fingerprint density at radius 2 is 1.57 bits per heavy atom. The topological polar surface area (TPSA) is 34.3 Å². The van der Waals surface area contributed by atoms with Crippen molar-refractivity contribution >= 4 is 0 Å². The van der Waals surface area contributed by atoms with Gasteiger partial charge >= 0.3 is 0 Å². The number of para-hydroxylation sites is 1. The molecule has 0 saturated carbocycles. The lowest BCUT2D eigenvalue weighted by molar-refractivity contribution is 0.405. The molecule has 0 aliphatic carbocycles. The first kappa shape index (κ1) is 14.7. The Hall–Kier alpha value is -1.84. The van der Waals surface area contributed by atoms with E-state index in [4.69, 9.17) is 14.2 Å². The number of epoxide rings is 2. The molecule has 2 aromatic carbocycles. The van der Waals surface area contributed by atoms with E-state index < -0.39 is 0 Å². The van der Waals surface area contributed by atoms with E-state index in [9.17, 15) is 0 Å². The molecule has 0 aromatic heterocycles. The summed E-state index contributed by atoms with van der Waals surface area (Å²) >= 11 is 0. The largest absolute Gasteiger partial charge is 0.496 e. The van der Waals surface area contributed by atoms with E-state index >= 15 is 0 Å². The zero-order valence-corrected chi connectivity index (χ0v) is 13.7. The van der Waals surface area contributed by atoms with Crippen LogP contribution in [-0.2, 0) is 22.3 Å². The van der Waals surface area contributed by atoms with Gasteiger partial charge in [0.05, 0.1) is 32.5 Å². The number of methoxy groups -OCH3 is 1. The third-order valence-corrected chi connectivity index (χ3v) is 4.52. The van der Waals surface area contributed by atoms with Gasteiger partial charge in [-0.1, -0.05) is 35.9 Å². The fourth-order valence-electron chi connectivity index (χ4n) is 3.32. The summed E-state index contributed by atoms with van der Waals surface area (Å²) in [6.45, 7) is 3.92. The fourth-order valence-corrected chi connectivity index (χ4v) is 3.32. The highest BCUT2D eigenvalue weighted by Crippen LogP contribution is 2.38. The predicted octanol–water partition coefficient (Wildman–Crippen LogP) is 3.55. The van der Waals surface area contributed by atoms with Gasteiger partial charge in [0.2, 0.25) is 0 Å². The molecule has 2 unspecified atom stereocenters. The minimum absolute atomic E-state index is 0.371. The van der Waals surface area contributed by atoms with E-state index in [1.54, 1.807) is 7.11 Å². The Kier molecular flexibility index (Phi) is 3.83. The van der Waals surface area contributed by atoms with Crippen molar-refractivity contribution in [3.05, 3.63) is 53.1 Å². The highest BCUT2D eigenvalue weighted by atomic mass is 16.6. The first-order valence-corrected chi connectivity index (χ1v) is 8.23. The van der Waals surface area contributed by atoms with Crippen LogP contribution in [0.5, 0.6) is 5.75 Å². The second-order valence-corrected chi connectivity index (χ2v) is 6.48. The lowest BCUT2D eigenvalue weighted by Gasteiger charge is -2.18. The number of ether oxygens (including phenoxy) is 3. The molecule has 2 saturated heterocycles. The average molecular weight is 310 g/mol. The minimum atomic E-state index is 0.371. The number of hydrogen-bond acceptors (Lipinski definition) is 3. The molecule has 2 atom stereocenters. The standard InChI is InChI=1S/C20H22O3/c1-13-7-14(9-16-11-22-16)20(15(8-13)10-17-12-23-17)18-5-3-4-6-19(18)21-2/h3-8,16-17H,9-12H2,1-2H3. The molecule has 0 spiro atoms. The van der Waals surface area contributed by atoms with Gasteiger partial charge in [0.15, 0.2) is 0 Å². The van der Waals surface area contributed by atoms with E-state index in [1.807, 2.05) is 12.1 Å². The first-order valence-electron chi connectivity index (χ1n) is 8.23. The lowest BCUT2D eigenvalue weighted by Crippen LogP contribution is -2.04. The molecule has 0 bridgehead atoms. The molecule has 2 aliphatic heterocycles. The summed E-state index contributed by atoms with van der Waals surface area (Å²) in [7, 11) is 1.74. The monoisotopic (exact) mass is 310 g/mol. The number of hydrogen-bond donors (Lipinski definition) is 0. The molecule has 2 heterocycles. The molecule has 23 heavy (non-hydrogen) atoms. The van der Waals surface area contributed by atoms with Gasteiger partial charge in [-0.05, 0) is 29.7 Å². The number of benzene rings is 2. The van der Waals surface area contributed by atoms with Crippen molar-refractivity contribution in [2.75, 3.05) is 20.3 Å². The smallest absolute Gasteiger partial charge is 0.126 e. The van der Waals surface area contributed by atoms with Crippen LogP contribution in [0.3, 0.4) is 0 Å². The molecule has 3 nitrogen and oxygen atoms in total. The highest BCUT2D eigenvalue weighted by Gasteiger charge is 2.28. The van der Waals surface area contributed by atoms with Crippen LogP contribution in [0.4, 0.5) is 0 Å².